The second kappa shape index (κ2) is 3.88. The van der Waals surface area contributed by atoms with Crippen LogP contribution in [0.1, 0.15) is 12.1 Å². The van der Waals surface area contributed by atoms with Gasteiger partial charge in [0, 0.05) is 6.20 Å². The summed E-state index contributed by atoms with van der Waals surface area (Å²) in [6, 6.07) is 2.24. The molecule has 0 aromatic carbocycles. The summed E-state index contributed by atoms with van der Waals surface area (Å²) < 4.78 is 26.1. The summed E-state index contributed by atoms with van der Waals surface area (Å²) in [5.74, 6) is -5.04. The van der Waals surface area contributed by atoms with Crippen LogP contribution >= 0.6 is 11.6 Å². The first-order chi connectivity index (χ1) is 6.42. The summed E-state index contributed by atoms with van der Waals surface area (Å²) in [5, 5.41) is 8.45. The molecule has 0 unspecified atom stereocenters. The van der Waals surface area contributed by atoms with Crippen molar-refractivity contribution >= 4 is 17.6 Å². The van der Waals surface area contributed by atoms with Gasteiger partial charge in [0.25, 0.3) is 5.92 Å². The number of carboxylic acid groups (broad SMARTS) is 1. The Kier molecular flexibility index (Phi) is 3.00. The largest absolute Gasteiger partial charge is 0.481 e. The molecule has 1 heterocycles. The van der Waals surface area contributed by atoms with Crippen molar-refractivity contribution in [1.29, 1.82) is 0 Å². The summed E-state index contributed by atoms with van der Waals surface area (Å²) >= 11 is 5.44. The summed E-state index contributed by atoms with van der Waals surface area (Å²) in [4.78, 5) is 13.5. The molecule has 0 amide bonds. The maximum Gasteiger partial charge on any atom is 0.309 e. The first-order valence-corrected chi connectivity index (χ1v) is 4.01. The van der Waals surface area contributed by atoms with Gasteiger partial charge in [-0.25, -0.2) is 0 Å². The third-order valence-corrected chi connectivity index (χ3v) is 1.70. The lowest BCUT2D eigenvalue weighted by Crippen LogP contribution is -2.19. The summed E-state index contributed by atoms with van der Waals surface area (Å²) in [6.07, 6.45) is -0.228. The molecule has 0 aliphatic carbocycles. The highest BCUT2D eigenvalue weighted by Crippen LogP contribution is 2.30. The fourth-order valence-electron chi connectivity index (χ4n) is 0.873. The van der Waals surface area contributed by atoms with E-state index >= 15 is 0 Å². The summed E-state index contributed by atoms with van der Waals surface area (Å²) in [6.45, 7) is 0. The lowest BCUT2D eigenvalue weighted by molar-refractivity contribution is -0.145. The van der Waals surface area contributed by atoms with Crippen LogP contribution in [0, 0.1) is 0 Å². The number of aromatic nitrogens is 1. The van der Waals surface area contributed by atoms with Gasteiger partial charge in [0.1, 0.15) is 12.1 Å². The lowest BCUT2D eigenvalue weighted by atomic mass is 10.1. The van der Waals surface area contributed by atoms with Crippen LogP contribution in [-0.4, -0.2) is 16.1 Å². The van der Waals surface area contributed by atoms with Crippen molar-refractivity contribution in [2.45, 2.75) is 12.3 Å². The standard InChI is InChI=1S/C8H6ClF2NO2/c9-5-1-2-6(12-4-5)8(10,11)3-7(13)14/h1-2,4H,3H2,(H,13,14). The van der Waals surface area contributed by atoms with Crippen LogP contribution in [-0.2, 0) is 10.7 Å². The van der Waals surface area contributed by atoms with Gasteiger partial charge in [0.05, 0.1) is 5.02 Å². The van der Waals surface area contributed by atoms with E-state index in [2.05, 4.69) is 4.98 Å². The fourth-order valence-corrected chi connectivity index (χ4v) is 0.984. The molecule has 0 saturated heterocycles. The molecule has 0 atom stereocenters. The van der Waals surface area contributed by atoms with E-state index in [-0.39, 0.29) is 5.02 Å². The molecule has 0 bridgehead atoms. The molecule has 0 aliphatic heterocycles. The molecular weight excluding hydrogens is 216 g/mol. The minimum absolute atomic E-state index is 0.222. The highest BCUT2D eigenvalue weighted by Gasteiger charge is 2.35. The van der Waals surface area contributed by atoms with Crippen molar-refractivity contribution in [1.82, 2.24) is 4.98 Å². The van der Waals surface area contributed by atoms with Gasteiger partial charge in [-0.15, -0.1) is 0 Å². The van der Waals surface area contributed by atoms with Crippen LogP contribution in [0.15, 0.2) is 18.3 Å². The lowest BCUT2D eigenvalue weighted by Gasteiger charge is -2.12. The number of carbonyl (C=O) groups is 1. The minimum atomic E-state index is -3.46. The van der Waals surface area contributed by atoms with E-state index in [1.165, 1.54) is 6.07 Å². The number of hydrogen-bond donors (Lipinski definition) is 1. The predicted molar refractivity (Wildman–Crippen MR) is 45.4 cm³/mol. The number of nitrogens with zero attached hydrogens (tertiary/aromatic N) is 1. The molecule has 1 aromatic heterocycles. The maximum absolute atomic E-state index is 13.1. The van der Waals surface area contributed by atoms with Crippen LogP contribution in [0.2, 0.25) is 5.02 Å². The van der Waals surface area contributed by atoms with Crippen molar-refractivity contribution in [3.63, 3.8) is 0 Å². The second-order valence-electron chi connectivity index (χ2n) is 2.64. The molecule has 0 radical (unpaired) electrons. The van der Waals surface area contributed by atoms with Gasteiger partial charge >= 0.3 is 5.97 Å². The Balaban J connectivity index is 2.91. The minimum Gasteiger partial charge on any atom is -0.481 e. The zero-order valence-corrected chi connectivity index (χ0v) is 7.63. The maximum atomic E-state index is 13.1. The zero-order valence-electron chi connectivity index (χ0n) is 6.88. The second-order valence-corrected chi connectivity index (χ2v) is 3.07. The van der Waals surface area contributed by atoms with Gasteiger partial charge < -0.3 is 5.11 Å². The monoisotopic (exact) mass is 221 g/mol. The Bertz CT molecular complexity index is 340. The first-order valence-electron chi connectivity index (χ1n) is 3.63. The van der Waals surface area contributed by atoms with Gasteiger partial charge in [-0.2, -0.15) is 8.78 Å². The van der Waals surface area contributed by atoms with Crippen LogP contribution in [0.25, 0.3) is 0 Å². The zero-order chi connectivity index (χ0) is 10.8. The summed E-state index contributed by atoms with van der Waals surface area (Å²) in [5.41, 5.74) is -0.593. The topological polar surface area (TPSA) is 50.2 Å². The van der Waals surface area contributed by atoms with E-state index in [4.69, 9.17) is 16.7 Å². The van der Waals surface area contributed by atoms with Crippen molar-refractivity contribution in [2.24, 2.45) is 0 Å². The molecule has 0 aliphatic rings. The first kappa shape index (κ1) is 10.8. The average Bonchev–Trinajstić information content (AvgIpc) is 2.02. The molecule has 14 heavy (non-hydrogen) atoms. The number of alkyl halides is 2. The Morgan fingerprint density at radius 2 is 2.21 bits per heavy atom. The SMILES string of the molecule is O=C(O)CC(F)(F)c1ccc(Cl)cn1. The van der Waals surface area contributed by atoms with Crippen LogP contribution in [0.5, 0.6) is 0 Å². The molecule has 3 nitrogen and oxygen atoms in total. The third-order valence-electron chi connectivity index (χ3n) is 1.48. The van der Waals surface area contributed by atoms with Crippen LogP contribution in [0.3, 0.4) is 0 Å². The Hall–Kier alpha value is -1.23. The number of rotatable bonds is 3. The van der Waals surface area contributed by atoms with E-state index in [1.54, 1.807) is 0 Å². The molecule has 1 N–H and O–H groups in total. The smallest absolute Gasteiger partial charge is 0.309 e. The molecule has 0 fully saturated rings. The molecule has 0 spiro atoms. The van der Waals surface area contributed by atoms with Gasteiger partial charge in [-0.1, -0.05) is 11.6 Å². The van der Waals surface area contributed by atoms with Crippen molar-refractivity contribution in [3.8, 4) is 0 Å². The third kappa shape index (κ3) is 2.63. The molecule has 1 rings (SSSR count). The van der Waals surface area contributed by atoms with Crippen molar-refractivity contribution in [2.75, 3.05) is 0 Å². The Morgan fingerprint density at radius 1 is 1.57 bits per heavy atom. The number of carboxylic acids is 1. The number of aliphatic carboxylic acids is 1. The van der Waals surface area contributed by atoms with E-state index in [9.17, 15) is 13.6 Å². The Morgan fingerprint density at radius 3 is 2.64 bits per heavy atom. The van der Waals surface area contributed by atoms with E-state index in [0.29, 0.717) is 0 Å². The molecular formula is C8H6ClF2NO2. The van der Waals surface area contributed by atoms with Crippen LogP contribution in [0.4, 0.5) is 8.78 Å². The number of hydrogen-bond acceptors (Lipinski definition) is 2. The highest BCUT2D eigenvalue weighted by atomic mass is 35.5. The predicted octanol–water partition coefficient (Wildman–Crippen LogP) is 2.30. The molecule has 6 heteroatoms. The average molecular weight is 222 g/mol. The molecule has 1 aromatic rings. The van der Waals surface area contributed by atoms with Gasteiger partial charge in [0.15, 0.2) is 0 Å². The van der Waals surface area contributed by atoms with Gasteiger partial charge in [-0.3, -0.25) is 9.78 Å². The highest BCUT2D eigenvalue weighted by molar-refractivity contribution is 6.30. The Labute approximate surface area is 83.3 Å². The normalized spacial score (nSPS) is 11.4. The number of halogens is 3. The van der Waals surface area contributed by atoms with E-state index in [0.717, 1.165) is 12.3 Å². The van der Waals surface area contributed by atoms with Crippen LogP contribution < -0.4 is 0 Å². The van der Waals surface area contributed by atoms with Gasteiger partial charge in [0.2, 0.25) is 0 Å². The van der Waals surface area contributed by atoms with Gasteiger partial charge in [-0.05, 0) is 12.1 Å². The van der Waals surface area contributed by atoms with Crippen molar-refractivity contribution in [3.05, 3.63) is 29.0 Å². The van der Waals surface area contributed by atoms with Crippen molar-refractivity contribution < 1.29 is 18.7 Å². The molecule has 76 valence electrons. The molecule has 0 saturated carbocycles. The van der Waals surface area contributed by atoms with E-state index in [1.807, 2.05) is 0 Å². The van der Waals surface area contributed by atoms with E-state index < -0.39 is 24.0 Å². The fraction of sp³-hybridized carbons (Fsp3) is 0.250. The number of pyridine rings is 1. The summed E-state index contributed by atoms with van der Waals surface area (Å²) in [7, 11) is 0. The quantitative estimate of drug-likeness (QED) is 0.852.